The molecule has 3 aliphatic rings. The lowest BCUT2D eigenvalue weighted by atomic mass is 9.91. The van der Waals surface area contributed by atoms with Gasteiger partial charge in [-0.3, -0.25) is 4.90 Å². The van der Waals surface area contributed by atoms with Gasteiger partial charge in [0.2, 0.25) is 0 Å². The highest BCUT2D eigenvalue weighted by Gasteiger charge is 2.51. The van der Waals surface area contributed by atoms with E-state index in [2.05, 4.69) is 65.7 Å². The van der Waals surface area contributed by atoms with Crippen molar-refractivity contribution in [2.75, 3.05) is 31.7 Å². The molecule has 3 fully saturated rings. The van der Waals surface area contributed by atoms with E-state index in [9.17, 15) is 4.79 Å². The summed E-state index contributed by atoms with van der Waals surface area (Å²) in [5, 5.41) is 3.60. The Labute approximate surface area is 253 Å². The molecule has 0 amide bonds. The van der Waals surface area contributed by atoms with Crippen LogP contribution in [0, 0.1) is 5.41 Å². The zero-order chi connectivity index (χ0) is 29.5. The molecule has 3 heterocycles. The molecule has 222 valence electrons. The number of fused-ring (bicyclic) bond motifs is 3. The van der Waals surface area contributed by atoms with Crippen molar-refractivity contribution in [3.63, 3.8) is 0 Å². The van der Waals surface area contributed by atoms with Crippen LogP contribution in [0.4, 0.5) is 5.69 Å². The molecule has 0 aliphatic carbocycles. The summed E-state index contributed by atoms with van der Waals surface area (Å²) in [6.07, 6.45) is 0.539. The number of carbonyl (C=O) groups is 1. The van der Waals surface area contributed by atoms with Crippen LogP contribution in [0.5, 0.6) is 5.75 Å². The number of benzene rings is 4. The molecule has 0 radical (unpaired) electrons. The maximum absolute atomic E-state index is 12.7. The van der Waals surface area contributed by atoms with Crippen molar-refractivity contribution in [1.29, 1.82) is 0 Å². The molecule has 4 aromatic carbocycles. The third-order valence-corrected chi connectivity index (χ3v) is 8.00. The highest BCUT2D eigenvalue weighted by Crippen LogP contribution is 2.41. The summed E-state index contributed by atoms with van der Waals surface area (Å²) in [5.74, 6) is -0.938. The van der Waals surface area contributed by atoms with Crippen LogP contribution < -0.4 is 10.1 Å². The maximum atomic E-state index is 12.7. The quantitative estimate of drug-likeness (QED) is 0.152. The third-order valence-electron chi connectivity index (χ3n) is 8.00. The molecule has 3 aliphatic heterocycles. The average Bonchev–Trinajstić information content (AvgIpc) is 3.05. The number of carbonyl (C=O) groups excluding carboxylic acids is 1. The van der Waals surface area contributed by atoms with Gasteiger partial charge in [-0.2, -0.15) is 0 Å². The van der Waals surface area contributed by atoms with Crippen LogP contribution in [-0.2, 0) is 27.3 Å². The molecule has 7 rings (SSSR count). The summed E-state index contributed by atoms with van der Waals surface area (Å²) in [6, 6.07) is 37.5. The second-order valence-electron chi connectivity index (χ2n) is 11.8. The van der Waals surface area contributed by atoms with E-state index in [1.54, 1.807) is 24.3 Å². The SMILES string of the molecule is CC12COC(C[C@H](CNc3ccc(C(=O)Oc4ccccc4)cc3)N(Cc3ccccc3)Cc3ccccc3)(OC1)OC2. The Kier molecular flexibility index (Phi) is 8.86. The van der Waals surface area contributed by atoms with E-state index in [1.165, 1.54) is 11.1 Å². The van der Waals surface area contributed by atoms with Crippen LogP contribution in [0.2, 0.25) is 0 Å². The van der Waals surface area contributed by atoms with Gasteiger partial charge in [0.05, 0.1) is 25.4 Å². The lowest BCUT2D eigenvalue weighted by molar-refractivity contribution is -0.469. The van der Waals surface area contributed by atoms with Gasteiger partial charge in [-0.1, -0.05) is 85.8 Å². The van der Waals surface area contributed by atoms with E-state index in [-0.39, 0.29) is 17.4 Å². The van der Waals surface area contributed by atoms with E-state index in [0.717, 1.165) is 18.8 Å². The van der Waals surface area contributed by atoms with Gasteiger partial charge in [0.25, 0.3) is 5.97 Å². The lowest BCUT2D eigenvalue weighted by Gasteiger charge is -2.52. The smallest absolute Gasteiger partial charge is 0.343 e. The Hall–Kier alpha value is -4.01. The largest absolute Gasteiger partial charge is 0.423 e. The molecule has 1 N–H and O–H groups in total. The zero-order valence-corrected chi connectivity index (χ0v) is 24.5. The van der Waals surface area contributed by atoms with Gasteiger partial charge in [-0.15, -0.1) is 0 Å². The fourth-order valence-corrected chi connectivity index (χ4v) is 5.46. The highest BCUT2D eigenvalue weighted by molar-refractivity contribution is 5.91. The normalized spacial score (nSPS) is 21.8. The minimum atomic E-state index is -1.07. The van der Waals surface area contributed by atoms with Crippen molar-refractivity contribution in [1.82, 2.24) is 4.90 Å². The van der Waals surface area contributed by atoms with E-state index < -0.39 is 5.97 Å². The zero-order valence-electron chi connectivity index (χ0n) is 24.5. The van der Waals surface area contributed by atoms with Crippen molar-refractivity contribution < 1.29 is 23.7 Å². The molecule has 7 heteroatoms. The van der Waals surface area contributed by atoms with E-state index in [0.29, 0.717) is 44.1 Å². The van der Waals surface area contributed by atoms with Crippen LogP contribution in [-0.4, -0.2) is 49.2 Å². The van der Waals surface area contributed by atoms with Crippen LogP contribution >= 0.6 is 0 Å². The Morgan fingerprint density at radius 1 is 0.767 bits per heavy atom. The Morgan fingerprint density at radius 2 is 1.28 bits per heavy atom. The van der Waals surface area contributed by atoms with Gasteiger partial charge in [0.1, 0.15) is 5.75 Å². The Bertz CT molecular complexity index is 1400. The summed E-state index contributed by atoms with van der Waals surface area (Å²) in [7, 11) is 0. The Balaban J connectivity index is 1.21. The molecule has 43 heavy (non-hydrogen) atoms. The van der Waals surface area contributed by atoms with Crippen molar-refractivity contribution in [2.45, 2.75) is 38.4 Å². The van der Waals surface area contributed by atoms with Crippen LogP contribution in [0.1, 0.15) is 34.8 Å². The van der Waals surface area contributed by atoms with E-state index >= 15 is 0 Å². The van der Waals surface area contributed by atoms with Crippen molar-refractivity contribution in [3.8, 4) is 5.75 Å². The van der Waals surface area contributed by atoms with Crippen molar-refractivity contribution in [2.24, 2.45) is 5.41 Å². The van der Waals surface area contributed by atoms with Crippen LogP contribution in [0.15, 0.2) is 115 Å². The summed E-state index contributed by atoms with van der Waals surface area (Å²) < 4.78 is 24.2. The molecule has 0 saturated carbocycles. The highest BCUT2D eigenvalue weighted by atomic mass is 16.9. The minimum absolute atomic E-state index is 0.00871. The molecule has 4 aromatic rings. The van der Waals surface area contributed by atoms with Crippen molar-refractivity contribution >= 4 is 11.7 Å². The van der Waals surface area contributed by atoms with Gasteiger partial charge in [-0.05, 0) is 47.5 Å². The molecule has 0 aromatic heterocycles. The molecular weight excluding hydrogens is 540 g/mol. The fourth-order valence-electron chi connectivity index (χ4n) is 5.46. The third kappa shape index (κ3) is 7.50. The predicted molar refractivity (Wildman–Crippen MR) is 166 cm³/mol. The number of ether oxygens (including phenoxy) is 4. The van der Waals surface area contributed by atoms with Crippen LogP contribution in [0.25, 0.3) is 0 Å². The number of nitrogens with zero attached hydrogens (tertiary/aromatic N) is 1. The topological polar surface area (TPSA) is 69.3 Å². The summed E-state index contributed by atoms with van der Waals surface area (Å²) in [5.41, 5.74) is 3.74. The summed E-state index contributed by atoms with van der Waals surface area (Å²) in [6.45, 7) is 6.09. The number of nitrogens with one attached hydrogen (secondary N) is 1. The van der Waals surface area contributed by atoms with Crippen molar-refractivity contribution in [3.05, 3.63) is 132 Å². The molecule has 1 atom stereocenters. The second kappa shape index (κ2) is 13.1. The second-order valence-corrected chi connectivity index (χ2v) is 11.8. The lowest BCUT2D eigenvalue weighted by Crippen LogP contribution is -2.61. The molecule has 3 saturated heterocycles. The van der Waals surface area contributed by atoms with E-state index in [1.807, 2.05) is 42.5 Å². The van der Waals surface area contributed by atoms with Gasteiger partial charge >= 0.3 is 5.97 Å². The van der Waals surface area contributed by atoms with Gasteiger partial charge in [0.15, 0.2) is 0 Å². The predicted octanol–water partition coefficient (Wildman–Crippen LogP) is 6.52. The fraction of sp³-hybridized carbons (Fsp3) is 0.306. The molecular formula is C36H38N2O5. The number of esters is 1. The first-order valence-corrected chi connectivity index (χ1v) is 14.8. The first-order valence-electron chi connectivity index (χ1n) is 14.8. The Morgan fingerprint density at radius 3 is 1.81 bits per heavy atom. The van der Waals surface area contributed by atoms with Crippen LogP contribution in [0.3, 0.4) is 0 Å². The number of anilines is 1. The average molecular weight is 579 g/mol. The monoisotopic (exact) mass is 578 g/mol. The summed E-state index contributed by atoms with van der Waals surface area (Å²) >= 11 is 0. The summed E-state index contributed by atoms with van der Waals surface area (Å²) in [4.78, 5) is 15.1. The van der Waals surface area contributed by atoms with E-state index in [4.69, 9.17) is 18.9 Å². The number of hydrogen-bond donors (Lipinski definition) is 1. The molecule has 0 unspecified atom stereocenters. The minimum Gasteiger partial charge on any atom is -0.423 e. The number of para-hydroxylation sites is 1. The number of rotatable bonds is 12. The van der Waals surface area contributed by atoms with Gasteiger partial charge in [-0.25, -0.2) is 4.79 Å². The number of hydrogen-bond acceptors (Lipinski definition) is 7. The molecule has 7 nitrogen and oxygen atoms in total. The molecule has 2 bridgehead atoms. The maximum Gasteiger partial charge on any atom is 0.343 e. The standard InChI is InChI=1S/C36H38N2O5/c1-35-25-40-36(41-26-35,42-27-35)21-32(38(23-28-11-5-2-6-12-28)24-29-13-7-3-8-14-29)22-37-31-19-17-30(18-20-31)34(39)43-33-15-9-4-10-16-33/h2-20,32,37H,21-27H2,1H3/t32-,35?,36?/m1/s1. The first kappa shape index (κ1) is 29.1. The first-order chi connectivity index (χ1) is 21.0. The van der Waals surface area contributed by atoms with Gasteiger partial charge < -0.3 is 24.3 Å². The molecule has 0 spiro atoms. The van der Waals surface area contributed by atoms with Gasteiger partial charge in [0, 0.05) is 43.2 Å².